The molecule has 64 heavy (non-hydrogen) atoms. The number of hydrogen-bond acceptors (Lipinski definition) is 24. The summed E-state index contributed by atoms with van der Waals surface area (Å²) in [4.78, 5) is 196. The first-order chi connectivity index (χ1) is 30.3. The fourth-order valence-corrected chi connectivity index (χ4v) is 6.24. The third kappa shape index (κ3) is 15.2. The summed E-state index contributed by atoms with van der Waals surface area (Å²) in [5, 5.41) is 0. The Bertz CT molecular complexity index is 1790. The van der Waals surface area contributed by atoms with Crippen LogP contribution in [0.2, 0.25) is 0 Å². The Morgan fingerprint density at radius 1 is 0.312 bits per heavy atom. The van der Waals surface area contributed by atoms with Gasteiger partial charge in [0.05, 0.1) is 51.4 Å². The molecule has 24 heteroatoms. The second-order valence-electron chi connectivity index (χ2n) is 14.6. The van der Waals surface area contributed by atoms with E-state index in [9.17, 15) is 76.7 Å². The Balaban J connectivity index is 1.44. The van der Waals surface area contributed by atoms with Crippen molar-refractivity contribution in [2.75, 3.05) is 13.2 Å². The number of ketones is 8. The van der Waals surface area contributed by atoms with Crippen LogP contribution in [-0.2, 0) is 115 Å². The first-order valence-corrected chi connectivity index (χ1v) is 20.0. The third-order valence-electron chi connectivity index (χ3n) is 9.74. The van der Waals surface area contributed by atoms with Crippen molar-refractivity contribution in [3.05, 3.63) is 0 Å². The molecule has 4 rings (SSSR count). The van der Waals surface area contributed by atoms with E-state index in [-0.39, 0.29) is 51.4 Å². The van der Waals surface area contributed by atoms with Gasteiger partial charge in [0.2, 0.25) is 24.4 Å². The molecular weight excluding hydrogens is 864 g/mol. The number of ether oxygens (including phenoxy) is 8. The van der Waals surface area contributed by atoms with Crippen molar-refractivity contribution in [2.45, 2.75) is 139 Å². The molecule has 0 N–H and O–H groups in total. The molecule has 0 aromatic rings. The lowest BCUT2D eigenvalue weighted by molar-refractivity contribution is -0.183. The van der Waals surface area contributed by atoms with Crippen molar-refractivity contribution in [2.24, 2.45) is 0 Å². The number of carbonyl (C=O) groups excluding carboxylic acids is 16. The summed E-state index contributed by atoms with van der Waals surface area (Å²) in [5.74, 6) is -14.6. The number of Topliss-reactive ketones (excluding diaryl/α,β-unsaturated/α-hetero) is 8. The van der Waals surface area contributed by atoms with Gasteiger partial charge >= 0.3 is 47.8 Å². The zero-order chi connectivity index (χ0) is 47.1. The third-order valence-corrected chi connectivity index (χ3v) is 9.74. The van der Waals surface area contributed by atoms with E-state index in [4.69, 9.17) is 37.9 Å². The highest BCUT2D eigenvalue weighted by Crippen LogP contribution is 2.20. The van der Waals surface area contributed by atoms with Gasteiger partial charge in [-0.25, -0.2) is 0 Å². The van der Waals surface area contributed by atoms with Crippen LogP contribution in [0.15, 0.2) is 0 Å². The molecule has 2 unspecified atom stereocenters. The lowest BCUT2D eigenvalue weighted by Crippen LogP contribution is -2.42. The van der Waals surface area contributed by atoms with Gasteiger partial charge in [-0.05, 0) is 0 Å². The Morgan fingerprint density at radius 3 is 0.719 bits per heavy atom. The van der Waals surface area contributed by atoms with Gasteiger partial charge in [0.25, 0.3) is 0 Å². The van der Waals surface area contributed by atoms with E-state index in [2.05, 4.69) is 0 Å². The van der Waals surface area contributed by atoms with Crippen LogP contribution >= 0.6 is 0 Å². The van der Waals surface area contributed by atoms with Gasteiger partial charge in [0, 0.05) is 51.4 Å². The predicted octanol–water partition coefficient (Wildman–Crippen LogP) is -1.61. The molecule has 4 aliphatic carbocycles. The summed E-state index contributed by atoms with van der Waals surface area (Å²) in [6.45, 7) is -2.07. The van der Waals surface area contributed by atoms with Crippen molar-refractivity contribution in [3.63, 3.8) is 0 Å². The smallest absolute Gasteiger partial charge is 0.307 e. The van der Waals surface area contributed by atoms with E-state index >= 15 is 0 Å². The maximum absolute atomic E-state index is 13.0. The Hall–Kier alpha value is -6.88. The molecule has 0 aromatic heterocycles. The van der Waals surface area contributed by atoms with Crippen LogP contribution in [0.25, 0.3) is 0 Å². The van der Waals surface area contributed by atoms with Gasteiger partial charge in [0.1, 0.15) is 13.2 Å². The lowest BCUT2D eigenvalue weighted by Gasteiger charge is -2.26. The molecule has 2 atom stereocenters. The van der Waals surface area contributed by atoms with Crippen LogP contribution in [0.1, 0.15) is 103 Å². The van der Waals surface area contributed by atoms with Gasteiger partial charge in [0.15, 0.2) is 58.5 Å². The molecule has 346 valence electrons. The first-order valence-electron chi connectivity index (χ1n) is 20.0. The minimum absolute atomic E-state index is 0.134. The highest BCUT2D eigenvalue weighted by Gasteiger charge is 2.40. The molecule has 0 amide bonds. The van der Waals surface area contributed by atoms with E-state index in [0.29, 0.717) is 0 Å². The SMILES string of the molecule is O=C(CCC(=O)OC1C(=O)CCC1=O)OCC(OC(=O)CCC(=O)OC1C(=O)CCC1=O)C(COC(=O)CCC(=O)OC1C(=O)CCC1=O)OC(=O)CCC(=O)OC1C(=O)CCC1=O. The van der Waals surface area contributed by atoms with E-state index < -0.39 is 195 Å². The van der Waals surface area contributed by atoms with Crippen LogP contribution in [0.3, 0.4) is 0 Å². The minimum Gasteiger partial charge on any atom is -0.462 e. The summed E-state index contributed by atoms with van der Waals surface area (Å²) >= 11 is 0. The van der Waals surface area contributed by atoms with E-state index in [1.165, 1.54) is 0 Å². The van der Waals surface area contributed by atoms with Crippen LogP contribution in [0.5, 0.6) is 0 Å². The van der Waals surface area contributed by atoms with E-state index in [0.717, 1.165) is 0 Å². The molecule has 0 bridgehead atoms. The topological polar surface area (TPSA) is 347 Å². The highest BCUT2D eigenvalue weighted by atomic mass is 16.6. The van der Waals surface area contributed by atoms with Crippen molar-refractivity contribution >= 4 is 94.0 Å². The van der Waals surface area contributed by atoms with Gasteiger partial charge in [-0.3, -0.25) is 76.7 Å². The zero-order valence-electron chi connectivity index (χ0n) is 34.0. The number of carbonyl (C=O) groups is 16. The van der Waals surface area contributed by atoms with Gasteiger partial charge in [-0.15, -0.1) is 0 Å². The fraction of sp³-hybridized carbons (Fsp3) is 0.600. The second-order valence-corrected chi connectivity index (χ2v) is 14.6. The number of hydrogen-bond donors (Lipinski definition) is 0. The lowest BCUT2D eigenvalue weighted by atomic mass is 10.2. The quantitative estimate of drug-likeness (QED) is 0.0632. The first kappa shape index (κ1) is 49.8. The van der Waals surface area contributed by atoms with Crippen LogP contribution in [-0.4, -0.2) is 144 Å². The van der Waals surface area contributed by atoms with Crippen LogP contribution in [0.4, 0.5) is 0 Å². The Labute approximate surface area is 360 Å². The predicted molar refractivity (Wildman–Crippen MR) is 195 cm³/mol. The van der Waals surface area contributed by atoms with Crippen LogP contribution < -0.4 is 0 Å². The van der Waals surface area contributed by atoms with E-state index in [1.54, 1.807) is 0 Å². The molecule has 0 saturated heterocycles. The molecule has 0 aromatic carbocycles. The normalized spacial score (nSPS) is 18.2. The number of esters is 8. The van der Waals surface area contributed by atoms with Gasteiger partial charge < -0.3 is 37.9 Å². The van der Waals surface area contributed by atoms with Crippen molar-refractivity contribution < 1.29 is 115 Å². The zero-order valence-corrected chi connectivity index (χ0v) is 34.0. The van der Waals surface area contributed by atoms with Crippen molar-refractivity contribution in [3.8, 4) is 0 Å². The second kappa shape index (κ2) is 23.5. The summed E-state index contributed by atoms with van der Waals surface area (Å²) < 4.78 is 40.3. The van der Waals surface area contributed by atoms with E-state index in [1.807, 2.05) is 0 Å². The monoisotopic (exact) mass is 906 g/mol. The van der Waals surface area contributed by atoms with Gasteiger partial charge in [-0.2, -0.15) is 0 Å². The fourth-order valence-electron chi connectivity index (χ4n) is 6.24. The van der Waals surface area contributed by atoms with Crippen LogP contribution in [0, 0.1) is 0 Å². The summed E-state index contributed by atoms with van der Waals surface area (Å²) in [6.07, 6.45) is -17.6. The summed E-state index contributed by atoms with van der Waals surface area (Å²) in [6, 6.07) is 0. The molecule has 4 fully saturated rings. The maximum Gasteiger partial charge on any atom is 0.307 e. The number of rotatable bonds is 23. The average molecular weight is 907 g/mol. The van der Waals surface area contributed by atoms with Gasteiger partial charge in [-0.1, -0.05) is 0 Å². The molecular formula is C40H42O24. The average Bonchev–Trinajstić information content (AvgIpc) is 3.96. The highest BCUT2D eigenvalue weighted by molar-refractivity contribution is 6.14. The molecule has 24 nitrogen and oxygen atoms in total. The largest absolute Gasteiger partial charge is 0.462 e. The molecule has 0 radical (unpaired) electrons. The Morgan fingerprint density at radius 2 is 0.500 bits per heavy atom. The standard InChI is InChI=1S/C40H42O24/c41-19-1-2-20(42)37(19)61-33(53)11-9-29(49)57-17-27(59-31(51)13-15-35(55)63-39-23(45)5-6-24(39)46)28(60-32(52)14-16-36(56)64-40-25(47)7-8-26(40)48)18-58-30(50)10-12-34(54)62-38-21(43)3-4-22(38)44/h27-28,37-40H,1-18H2. The van der Waals surface area contributed by atoms with Crippen molar-refractivity contribution in [1.82, 2.24) is 0 Å². The molecule has 0 heterocycles. The molecule has 4 saturated carbocycles. The molecule has 4 aliphatic rings. The minimum atomic E-state index is -1.94. The van der Waals surface area contributed by atoms with Crippen molar-refractivity contribution in [1.29, 1.82) is 0 Å². The summed E-state index contributed by atoms with van der Waals surface area (Å²) in [7, 11) is 0. The summed E-state index contributed by atoms with van der Waals surface area (Å²) in [5.41, 5.74) is 0. The Kier molecular flexibility index (Phi) is 18.3. The molecule has 0 spiro atoms. The maximum atomic E-state index is 13.0. The molecule has 0 aliphatic heterocycles.